The van der Waals surface area contributed by atoms with E-state index in [1.54, 1.807) is 33.4 Å². The van der Waals surface area contributed by atoms with Crippen molar-refractivity contribution in [2.45, 2.75) is 126 Å². The van der Waals surface area contributed by atoms with E-state index in [2.05, 4.69) is 199 Å². The van der Waals surface area contributed by atoms with E-state index in [1.165, 1.54) is 70.9 Å². The van der Waals surface area contributed by atoms with Crippen LogP contribution in [0, 0.1) is 15.9 Å². The summed E-state index contributed by atoms with van der Waals surface area (Å²) in [5.41, 5.74) is 21.9. The average Bonchev–Trinajstić information content (AvgIpc) is 4.41. The summed E-state index contributed by atoms with van der Waals surface area (Å²) in [6, 6.07) is 60.3. The Labute approximate surface area is 445 Å². The third-order valence-electron chi connectivity index (χ3n) is 18.5. The molecule has 0 aliphatic heterocycles. The number of benzene rings is 7. The van der Waals surface area contributed by atoms with Gasteiger partial charge in [0.2, 0.25) is 0 Å². The number of pyridine rings is 1. The first-order valence-corrected chi connectivity index (χ1v) is 28.5. The van der Waals surface area contributed by atoms with E-state index < -0.39 is 0 Å². The zero-order valence-corrected chi connectivity index (χ0v) is 44.9. The van der Waals surface area contributed by atoms with Gasteiger partial charge in [0.1, 0.15) is 0 Å². The Morgan fingerprint density at radius 1 is 0.568 bits per heavy atom. The second kappa shape index (κ2) is 16.7. The quantitative estimate of drug-likeness (QED) is 0.156. The summed E-state index contributed by atoms with van der Waals surface area (Å²) in [6.45, 7) is 6.80. The van der Waals surface area contributed by atoms with Crippen molar-refractivity contribution >= 4 is 32.8 Å². The predicted molar refractivity (Wildman–Crippen MR) is 294 cm³/mol. The van der Waals surface area contributed by atoms with Crippen molar-refractivity contribution in [1.29, 1.82) is 0 Å². The van der Waals surface area contributed by atoms with Gasteiger partial charge in [-0.3, -0.25) is 0 Å². The first-order valence-electron chi connectivity index (χ1n) is 27.4. The monoisotopic (exact) mass is 1140 g/mol. The molecular weight excluding hydrogens is 1080 g/mol. The number of imidazole rings is 1. The molecule has 0 N–H and O–H groups in total. The van der Waals surface area contributed by atoms with Crippen LogP contribution in [-0.4, -0.2) is 18.7 Å². The molecule has 3 aromatic heterocycles. The molecule has 5 aliphatic rings. The average molecular weight is 1140 g/mol. The molecule has 15 rings (SSSR count). The molecule has 5 aliphatic carbocycles. The molecule has 3 heterocycles. The second-order valence-electron chi connectivity index (χ2n) is 23.4. The Bertz CT molecular complexity index is 3940. The van der Waals surface area contributed by atoms with Gasteiger partial charge in [-0.15, -0.1) is 0 Å². The maximum atomic E-state index is 6.92. The summed E-state index contributed by atoms with van der Waals surface area (Å²) in [5, 5.41) is 2.40. The van der Waals surface area contributed by atoms with Gasteiger partial charge in [-0.05, 0) is 41.4 Å². The molecule has 10 aromatic rings. The van der Waals surface area contributed by atoms with Crippen LogP contribution in [0.3, 0.4) is 0 Å². The van der Waals surface area contributed by atoms with Crippen LogP contribution in [0.25, 0.3) is 50.0 Å². The van der Waals surface area contributed by atoms with Crippen molar-refractivity contribution in [3.63, 3.8) is 0 Å². The van der Waals surface area contributed by atoms with Crippen LogP contribution in [0.5, 0.6) is 11.5 Å². The molecule has 7 aromatic carbocycles. The molecule has 0 bridgehead atoms. The van der Waals surface area contributed by atoms with Crippen LogP contribution in [0.4, 0.5) is 0 Å². The molecule has 1 saturated carbocycles. The molecule has 2 unspecified atom stereocenters. The van der Waals surface area contributed by atoms with Crippen LogP contribution < -0.4 is 4.74 Å². The van der Waals surface area contributed by atoms with Crippen LogP contribution in [0.1, 0.15) is 140 Å². The van der Waals surface area contributed by atoms with Crippen LogP contribution in [-0.2, 0) is 61.3 Å². The minimum absolute atomic E-state index is 0.0238. The number of hydrogen-bond donors (Lipinski definition) is 0. The number of fused-ring (bicyclic) bond motifs is 12. The van der Waals surface area contributed by atoms with E-state index in [9.17, 15) is 0 Å². The fourth-order valence-corrected chi connectivity index (χ4v) is 16.1. The third kappa shape index (κ3) is 6.63. The van der Waals surface area contributed by atoms with E-state index >= 15 is 0 Å². The van der Waals surface area contributed by atoms with Gasteiger partial charge < -0.3 is 0 Å². The summed E-state index contributed by atoms with van der Waals surface area (Å²) in [4.78, 5) is 5.01. The van der Waals surface area contributed by atoms with Gasteiger partial charge in [0.25, 0.3) is 0 Å². The molecule has 0 amide bonds. The standard InChI is InChI=1S/C68H60N4O.Pt/c1-66(2,3)50-32-37-69-62(40-50)72-58-27-24-47(44-14-5-4-6-15-44)39-55(58)54-26-25-53(42-61(54)72)73-52-19-13-18-51(41-52)70-43-71(60-23-12-11-22-59(60)70)65-63-48(30-35-67(63)33-28-45-16-7-9-20-56(45)67)38-49-31-36-68(64(49)65)34-29-46-17-8-10-21-57(46)68;/h7-13,16-27,32,37-40,44H,4-6,14-15,28-31,33-36H2,1-3H3;/q-2;. The Balaban J connectivity index is 0.888. The Morgan fingerprint density at radius 3 is 1.89 bits per heavy atom. The number of aromatic nitrogens is 4. The van der Waals surface area contributed by atoms with E-state index in [4.69, 9.17) is 9.72 Å². The van der Waals surface area contributed by atoms with Crippen molar-refractivity contribution in [2.24, 2.45) is 0 Å². The minimum atomic E-state index is -0.0263. The van der Waals surface area contributed by atoms with Gasteiger partial charge >= 0.3 is 354 Å². The van der Waals surface area contributed by atoms with Crippen molar-refractivity contribution < 1.29 is 24.1 Å². The summed E-state index contributed by atoms with van der Waals surface area (Å²) < 4.78 is 15.5. The van der Waals surface area contributed by atoms with Gasteiger partial charge in [0.05, 0.1) is 0 Å². The number of aryl methyl sites for hydroxylation is 4. The molecule has 1 fully saturated rings. The summed E-state index contributed by atoms with van der Waals surface area (Å²) in [5.74, 6) is 2.80. The normalized spacial score (nSPS) is 20.1. The van der Waals surface area contributed by atoms with E-state index in [0.717, 1.165) is 88.6 Å². The van der Waals surface area contributed by atoms with Gasteiger partial charge in [-0.1, -0.05) is 46.1 Å². The molecule has 74 heavy (non-hydrogen) atoms. The Morgan fingerprint density at radius 2 is 1.20 bits per heavy atom. The zero-order chi connectivity index (χ0) is 49.5. The molecule has 2 spiro atoms. The third-order valence-corrected chi connectivity index (χ3v) is 19.5. The SMILES string of the molecule is CC(C)(C)c1ccnc(-n2c3[c-]c(Oc4[c-]c(-n5[c](=[Pt])n(-c6c7c(cc8c6C6(CCc9ccccc96)CC8)CCC76CCc7ccccc76)c6ccccc65)ccc4)ccc3c3cc(C4CCCCC4)ccc32)c1. The van der Waals surface area contributed by atoms with Crippen LogP contribution in [0.15, 0.2) is 146 Å². The second-order valence-corrected chi connectivity index (χ2v) is 24.4. The van der Waals surface area contributed by atoms with Crippen molar-refractivity contribution in [3.8, 4) is 28.7 Å². The topological polar surface area (TPSA) is 36.9 Å². The Kier molecular flexibility index (Phi) is 10.1. The zero-order valence-electron chi connectivity index (χ0n) is 42.6. The fraction of sp³-hybridized carbons (Fsp3) is 0.294. The number of para-hydroxylation sites is 2. The van der Waals surface area contributed by atoms with Crippen molar-refractivity contribution in [2.75, 3.05) is 0 Å². The molecule has 2 atom stereocenters. The van der Waals surface area contributed by atoms with Crippen molar-refractivity contribution in [1.82, 2.24) is 18.7 Å². The summed E-state index contributed by atoms with van der Waals surface area (Å²) >= 11 is 2.64. The van der Waals surface area contributed by atoms with Crippen molar-refractivity contribution in [3.05, 3.63) is 217 Å². The molecular formula is C68H60N4OPt-2. The number of hydrogen-bond acceptors (Lipinski definition) is 2. The first-order chi connectivity index (χ1) is 36.2. The number of ether oxygens (including phenoxy) is 1. The van der Waals surface area contributed by atoms with E-state index in [-0.39, 0.29) is 16.2 Å². The van der Waals surface area contributed by atoms with E-state index in [1.807, 2.05) is 12.3 Å². The molecule has 0 radical (unpaired) electrons. The molecule has 5 nitrogen and oxygen atoms in total. The predicted octanol–water partition coefficient (Wildman–Crippen LogP) is 16.1. The maximum absolute atomic E-state index is 6.92. The fourth-order valence-electron chi connectivity index (χ4n) is 15.1. The molecule has 0 saturated heterocycles. The summed E-state index contributed by atoms with van der Waals surface area (Å²) in [6.07, 6.45) is 17.5. The number of rotatable bonds is 6. The van der Waals surface area contributed by atoms with Gasteiger partial charge in [0.15, 0.2) is 0 Å². The van der Waals surface area contributed by atoms with Crippen LogP contribution in [0.2, 0.25) is 0 Å². The molecule has 6 heteroatoms. The van der Waals surface area contributed by atoms with Gasteiger partial charge in [-0.2, -0.15) is 0 Å². The summed E-state index contributed by atoms with van der Waals surface area (Å²) in [7, 11) is 0. The Hall–Kier alpha value is -6.55. The van der Waals surface area contributed by atoms with Crippen LogP contribution >= 0.6 is 0 Å². The number of nitrogens with zero attached hydrogens (tertiary/aromatic N) is 4. The molecule has 370 valence electrons. The van der Waals surface area contributed by atoms with E-state index in [0.29, 0.717) is 17.4 Å². The van der Waals surface area contributed by atoms with Gasteiger partial charge in [0, 0.05) is 6.20 Å². The first kappa shape index (κ1) is 44.9. The van der Waals surface area contributed by atoms with Gasteiger partial charge in [-0.25, -0.2) is 0 Å².